The Labute approximate surface area is 202 Å². The van der Waals surface area contributed by atoms with E-state index < -0.39 is 10.0 Å². The molecule has 4 aromatic rings. The molecule has 180 valence electrons. The highest BCUT2D eigenvalue weighted by atomic mass is 32.2. The fourth-order valence-corrected chi connectivity index (χ4v) is 4.19. The summed E-state index contributed by atoms with van der Waals surface area (Å²) in [6.07, 6.45) is 1.43. The number of carbonyl (C=O) groups excluding carboxylic acids is 2. The molecule has 10 heteroatoms. The van der Waals surface area contributed by atoms with Crippen molar-refractivity contribution in [1.29, 1.82) is 0 Å². The van der Waals surface area contributed by atoms with Crippen LogP contribution in [-0.2, 0) is 16.6 Å². The van der Waals surface area contributed by atoms with Crippen LogP contribution in [0.15, 0.2) is 82.3 Å². The van der Waals surface area contributed by atoms with E-state index in [1.54, 1.807) is 54.6 Å². The smallest absolute Gasteiger partial charge is 0.291 e. The van der Waals surface area contributed by atoms with Crippen molar-refractivity contribution < 1.29 is 22.4 Å². The molecule has 35 heavy (non-hydrogen) atoms. The highest BCUT2D eigenvalue weighted by Gasteiger charge is 2.17. The maximum absolute atomic E-state index is 12.9. The number of anilines is 2. The van der Waals surface area contributed by atoms with Gasteiger partial charge in [0.1, 0.15) is 0 Å². The van der Waals surface area contributed by atoms with Gasteiger partial charge in [-0.3, -0.25) is 9.59 Å². The molecule has 0 aliphatic carbocycles. The number of nitrogens with one attached hydrogen (secondary N) is 2. The van der Waals surface area contributed by atoms with Crippen molar-refractivity contribution in [3.8, 4) is 0 Å². The standard InChI is InChI=1S/C25H24N4O5S/c1-16-14-22(17(2)29(16)15-18-5-11-21(12-6-18)35(26,32)33)24(30)27-19-7-9-20(10-8-19)28-25(31)23-4-3-13-34-23/h3-14H,15H2,1-2H3,(H,27,30)(H,28,31)(H2,26,32,33). The van der Waals surface area contributed by atoms with Gasteiger partial charge in [-0.1, -0.05) is 12.1 Å². The van der Waals surface area contributed by atoms with E-state index in [0.29, 0.717) is 23.5 Å². The quantitative estimate of drug-likeness (QED) is 0.359. The molecule has 0 saturated carbocycles. The molecule has 0 saturated heterocycles. The lowest BCUT2D eigenvalue weighted by atomic mass is 10.2. The van der Waals surface area contributed by atoms with Crippen LogP contribution in [-0.4, -0.2) is 24.8 Å². The molecule has 0 aliphatic heterocycles. The highest BCUT2D eigenvalue weighted by Crippen LogP contribution is 2.21. The fraction of sp³-hybridized carbons (Fsp3) is 0.120. The molecule has 0 bridgehead atoms. The molecule has 2 heterocycles. The molecule has 9 nitrogen and oxygen atoms in total. The Hall–Kier alpha value is -4.15. The molecule has 2 aromatic heterocycles. The number of aryl methyl sites for hydroxylation is 1. The molecule has 4 N–H and O–H groups in total. The number of nitrogens with zero attached hydrogens (tertiary/aromatic N) is 1. The van der Waals surface area contributed by atoms with E-state index in [1.165, 1.54) is 18.4 Å². The van der Waals surface area contributed by atoms with E-state index in [2.05, 4.69) is 10.6 Å². The first-order valence-corrected chi connectivity index (χ1v) is 12.2. The van der Waals surface area contributed by atoms with Crippen LogP contribution < -0.4 is 15.8 Å². The number of sulfonamides is 1. The molecule has 0 fully saturated rings. The lowest BCUT2D eigenvalue weighted by molar-refractivity contribution is 0.0994. The Balaban J connectivity index is 1.44. The van der Waals surface area contributed by atoms with Gasteiger partial charge in [-0.25, -0.2) is 13.6 Å². The van der Waals surface area contributed by atoms with Crippen molar-refractivity contribution in [3.63, 3.8) is 0 Å². The van der Waals surface area contributed by atoms with Crippen LogP contribution in [0.5, 0.6) is 0 Å². The Morgan fingerprint density at radius 1 is 0.914 bits per heavy atom. The van der Waals surface area contributed by atoms with E-state index >= 15 is 0 Å². The van der Waals surface area contributed by atoms with Crippen LogP contribution in [0.3, 0.4) is 0 Å². The third-order valence-electron chi connectivity index (χ3n) is 5.56. The number of primary sulfonamides is 1. The summed E-state index contributed by atoms with van der Waals surface area (Å²) in [7, 11) is -3.75. The summed E-state index contributed by atoms with van der Waals surface area (Å²) in [5, 5.41) is 10.8. The number of benzene rings is 2. The monoisotopic (exact) mass is 492 g/mol. The number of carbonyl (C=O) groups is 2. The first-order chi connectivity index (χ1) is 16.6. The second kappa shape index (κ2) is 9.61. The Bertz CT molecular complexity index is 1470. The number of rotatable bonds is 7. The lowest BCUT2D eigenvalue weighted by Crippen LogP contribution is -2.14. The molecular weight excluding hydrogens is 468 g/mol. The summed E-state index contributed by atoms with van der Waals surface area (Å²) in [6.45, 7) is 4.23. The zero-order chi connectivity index (χ0) is 25.2. The van der Waals surface area contributed by atoms with Gasteiger partial charge >= 0.3 is 0 Å². The van der Waals surface area contributed by atoms with Gasteiger partial charge in [0.2, 0.25) is 10.0 Å². The number of amides is 2. The summed E-state index contributed by atoms with van der Waals surface area (Å²) >= 11 is 0. The average Bonchev–Trinajstić information content (AvgIpc) is 3.45. The number of hydrogen-bond donors (Lipinski definition) is 3. The Morgan fingerprint density at radius 2 is 1.51 bits per heavy atom. The van der Waals surface area contributed by atoms with Crippen molar-refractivity contribution >= 4 is 33.2 Å². The molecule has 4 rings (SSSR count). The zero-order valence-electron chi connectivity index (χ0n) is 19.1. The van der Waals surface area contributed by atoms with Gasteiger partial charge < -0.3 is 19.6 Å². The number of hydrogen-bond acceptors (Lipinski definition) is 5. The first kappa shape index (κ1) is 24.0. The third-order valence-corrected chi connectivity index (χ3v) is 6.49. The first-order valence-electron chi connectivity index (χ1n) is 10.7. The van der Waals surface area contributed by atoms with Gasteiger partial charge in [0, 0.05) is 29.3 Å². The SMILES string of the molecule is Cc1cc(C(=O)Nc2ccc(NC(=O)c3ccco3)cc2)c(C)n1Cc1ccc(S(N)(=O)=O)cc1. The Kier molecular flexibility index (Phi) is 6.59. The summed E-state index contributed by atoms with van der Waals surface area (Å²) < 4.78 is 30.0. The maximum Gasteiger partial charge on any atom is 0.291 e. The summed E-state index contributed by atoms with van der Waals surface area (Å²) in [5.74, 6) is -0.419. The van der Waals surface area contributed by atoms with Crippen molar-refractivity contribution in [3.05, 3.63) is 101 Å². The molecular formula is C25H24N4O5S. The van der Waals surface area contributed by atoms with Crippen molar-refractivity contribution in [2.75, 3.05) is 10.6 Å². The maximum atomic E-state index is 12.9. The van der Waals surface area contributed by atoms with E-state index in [9.17, 15) is 18.0 Å². The van der Waals surface area contributed by atoms with E-state index in [-0.39, 0.29) is 22.5 Å². The van der Waals surface area contributed by atoms with Crippen molar-refractivity contribution in [2.45, 2.75) is 25.3 Å². The normalized spacial score (nSPS) is 11.3. The summed E-state index contributed by atoms with van der Waals surface area (Å²) in [4.78, 5) is 25.1. The van der Waals surface area contributed by atoms with Gasteiger partial charge in [0.05, 0.1) is 16.7 Å². The minimum absolute atomic E-state index is 0.0498. The topological polar surface area (TPSA) is 136 Å². The van der Waals surface area contributed by atoms with E-state index in [0.717, 1.165) is 17.0 Å². The van der Waals surface area contributed by atoms with E-state index in [4.69, 9.17) is 9.56 Å². The molecule has 0 atom stereocenters. The van der Waals surface area contributed by atoms with Gasteiger partial charge in [0.25, 0.3) is 11.8 Å². The summed E-state index contributed by atoms with van der Waals surface area (Å²) in [5.41, 5.74) is 4.21. The van der Waals surface area contributed by atoms with Gasteiger partial charge in [0.15, 0.2) is 5.76 Å². The number of furan rings is 1. The minimum atomic E-state index is -3.75. The molecule has 0 unspecified atom stereocenters. The average molecular weight is 493 g/mol. The number of aromatic nitrogens is 1. The van der Waals surface area contributed by atoms with Crippen LogP contribution in [0.1, 0.15) is 37.9 Å². The Morgan fingerprint density at radius 3 is 2.06 bits per heavy atom. The molecule has 0 spiro atoms. The van der Waals surface area contributed by atoms with Gasteiger partial charge in [-0.15, -0.1) is 0 Å². The van der Waals surface area contributed by atoms with E-state index in [1.807, 2.05) is 18.4 Å². The molecule has 2 aromatic carbocycles. The van der Waals surface area contributed by atoms with Gasteiger partial charge in [-0.05, 0) is 74.0 Å². The van der Waals surface area contributed by atoms with Gasteiger partial charge in [-0.2, -0.15) is 0 Å². The highest BCUT2D eigenvalue weighted by molar-refractivity contribution is 7.89. The van der Waals surface area contributed by atoms with Crippen LogP contribution in [0.25, 0.3) is 0 Å². The van der Waals surface area contributed by atoms with Crippen LogP contribution in [0.4, 0.5) is 11.4 Å². The van der Waals surface area contributed by atoms with Crippen LogP contribution >= 0.6 is 0 Å². The fourth-order valence-electron chi connectivity index (χ4n) is 3.68. The predicted octanol–water partition coefficient (Wildman–Crippen LogP) is 3.90. The molecule has 0 aliphatic rings. The van der Waals surface area contributed by atoms with Crippen molar-refractivity contribution in [2.24, 2.45) is 5.14 Å². The minimum Gasteiger partial charge on any atom is -0.459 e. The second-order valence-electron chi connectivity index (χ2n) is 8.02. The number of nitrogens with two attached hydrogens (primary N) is 1. The molecule has 0 radical (unpaired) electrons. The molecule has 2 amide bonds. The van der Waals surface area contributed by atoms with Crippen molar-refractivity contribution in [1.82, 2.24) is 4.57 Å². The van der Waals surface area contributed by atoms with Crippen LogP contribution in [0, 0.1) is 13.8 Å². The largest absolute Gasteiger partial charge is 0.459 e. The lowest BCUT2D eigenvalue weighted by Gasteiger charge is -2.11. The van der Waals surface area contributed by atoms with Crippen LogP contribution in [0.2, 0.25) is 0 Å². The predicted molar refractivity (Wildman–Crippen MR) is 132 cm³/mol. The second-order valence-corrected chi connectivity index (χ2v) is 9.58. The third kappa shape index (κ3) is 5.51. The zero-order valence-corrected chi connectivity index (χ0v) is 19.9. The summed E-state index contributed by atoms with van der Waals surface area (Å²) in [6, 6.07) is 18.1.